The molecule has 0 bridgehead atoms. The van der Waals surface area contributed by atoms with Gasteiger partial charge in [0.15, 0.2) is 0 Å². The number of carbonyl (C=O) groups excluding carboxylic acids is 2. The van der Waals surface area contributed by atoms with E-state index in [1.54, 1.807) is 62.6 Å². The second-order valence-corrected chi connectivity index (χ2v) is 7.06. The zero-order valence-corrected chi connectivity index (χ0v) is 17.1. The molecule has 3 aromatic rings. The van der Waals surface area contributed by atoms with E-state index in [0.29, 0.717) is 11.4 Å². The molecule has 0 saturated carbocycles. The molecule has 2 amide bonds. The zero-order chi connectivity index (χ0) is 21.0. The maximum absolute atomic E-state index is 12.5. The van der Waals surface area contributed by atoms with Gasteiger partial charge in [-0.15, -0.1) is 0 Å². The highest BCUT2D eigenvalue weighted by Crippen LogP contribution is 2.25. The van der Waals surface area contributed by atoms with Gasteiger partial charge in [-0.05, 0) is 36.4 Å². The van der Waals surface area contributed by atoms with Crippen molar-refractivity contribution in [1.82, 2.24) is 14.9 Å². The number of hydrogen-bond acceptors (Lipinski definition) is 5. The molecule has 0 fully saturated rings. The van der Waals surface area contributed by atoms with E-state index < -0.39 is 5.91 Å². The quantitative estimate of drug-likeness (QED) is 0.623. The van der Waals surface area contributed by atoms with Crippen molar-refractivity contribution in [1.29, 1.82) is 0 Å². The molecule has 29 heavy (non-hydrogen) atoms. The van der Waals surface area contributed by atoms with Crippen molar-refractivity contribution < 1.29 is 9.59 Å². The molecule has 148 valence electrons. The average molecular weight is 430 g/mol. The molecule has 0 atom stereocenters. The fourth-order valence-electron chi connectivity index (χ4n) is 2.49. The molecule has 0 aliphatic heterocycles. The van der Waals surface area contributed by atoms with Gasteiger partial charge >= 0.3 is 0 Å². The Morgan fingerprint density at radius 3 is 2.17 bits per heavy atom. The average Bonchev–Trinajstić information content (AvgIpc) is 2.68. The van der Waals surface area contributed by atoms with Gasteiger partial charge in [0.1, 0.15) is 18.0 Å². The lowest BCUT2D eigenvalue weighted by molar-refractivity contribution is 0.0827. The molecule has 0 unspecified atom stereocenters. The molecule has 3 rings (SSSR count). The molecular weight excluding hydrogens is 413 g/mol. The Bertz CT molecular complexity index is 1030. The van der Waals surface area contributed by atoms with Crippen LogP contribution < -0.4 is 10.6 Å². The molecule has 0 aliphatic rings. The number of hydrogen-bond donors (Lipinski definition) is 2. The highest BCUT2D eigenvalue weighted by Gasteiger charge is 2.15. The normalized spacial score (nSPS) is 10.3. The number of rotatable bonds is 5. The Labute approximate surface area is 177 Å². The highest BCUT2D eigenvalue weighted by atomic mass is 35.5. The van der Waals surface area contributed by atoms with Crippen LogP contribution in [0.4, 0.5) is 17.3 Å². The van der Waals surface area contributed by atoms with Crippen LogP contribution in [0.2, 0.25) is 10.0 Å². The second kappa shape index (κ2) is 8.89. The van der Waals surface area contributed by atoms with Crippen LogP contribution in [-0.4, -0.2) is 40.8 Å². The van der Waals surface area contributed by atoms with Crippen molar-refractivity contribution in [2.75, 3.05) is 24.7 Å². The number of anilines is 3. The predicted octanol–water partition coefficient (Wildman–Crippen LogP) is 4.48. The van der Waals surface area contributed by atoms with E-state index in [4.69, 9.17) is 23.2 Å². The van der Waals surface area contributed by atoms with E-state index >= 15 is 0 Å². The summed E-state index contributed by atoms with van der Waals surface area (Å²) in [5.41, 5.74) is 1.48. The Kier molecular flexibility index (Phi) is 6.31. The summed E-state index contributed by atoms with van der Waals surface area (Å²) in [6, 6.07) is 13.4. The first-order valence-electron chi connectivity index (χ1n) is 8.51. The summed E-state index contributed by atoms with van der Waals surface area (Å²) in [7, 11) is 3.39. The van der Waals surface area contributed by atoms with Crippen molar-refractivity contribution in [3.05, 3.63) is 76.0 Å². The van der Waals surface area contributed by atoms with Gasteiger partial charge in [-0.2, -0.15) is 0 Å². The van der Waals surface area contributed by atoms with E-state index in [0.717, 1.165) is 5.69 Å². The van der Waals surface area contributed by atoms with Gasteiger partial charge in [-0.1, -0.05) is 29.3 Å². The van der Waals surface area contributed by atoms with E-state index in [1.807, 2.05) is 0 Å². The molecule has 0 aliphatic carbocycles. The number of benzene rings is 2. The number of nitrogens with one attached hydrogen (secondary N) is 2. The first kappa shape index (κ1) is 20.6. The number of nitrogens with zero attached hydrogens (tertiary/aromatic N) is 3. The van der Waals surface area contributed by atoms with Crippen LogP contribution in [0.3, 0.4) is 0 Å². The van der Waals surface area contributed by atoms with Crippen molar-refractivity contribution >= 4 is 52.3 Å². The lowest BCUT2D eigenvalue weighted by Crippen LogP contribution is -2.21. The molecule has 1 aromatic heterocycles. The summed E-state index contributed by atoms with van der Waals surface area (Å²) in [6.45, 7) is 0. The number of amides is 2. The molecule has 1 heterocycles. The van der Waals surface area contributed by atoms with Gasteiger partial charge in [-0.25, -0.2) is 9.97 Å². The number of carbonyl (C=O) groups is 2. The van der Waals surface area contributed by atoms with Gasteiger partial charge in [0.05, 0.1) is 15.6 Å². The van der Waals surface area contributed by atoms with Crippen molar-refractivity contribution in [3.8, 4) is 0 Å². The minimum atomic E-state index is -0.475. The first-order valence-corrected chi connectivity index (χ1v) is 9.27. The zero-order valence-electron chi connectivity index (χ0n) is 15.6. The van der Waals surface area contributed by atoms with E-state index in [2.05, 4.69) is 20.6 Å². The number of aromatic nitrogens is 2. The molecule has 7 nitrogen and oxygen atoms in total. The Morgan fingerprint density at radius 2 is 1.55 bits per heavy atom. The summed E-state index contributed by atoms with van der Waals surface area (Å²) in [5, 5.41) is 6.24. The van der Waals surface area contributed by atoms with Crippen LogP contribution in [0.25, 0.3) is 0 Å². The van der Waals surface area contributed by atoms with E-state index in [-0.39, 0.29) is 27.3 Å². The predicted molar refractivity (Wildman–Crippen MR) is 114 cm³/mol. The van der Waals surface area contributed by atoms with Gasteiger partial charge < -0.3 is 15.5 Å². The topological polar surface area (TPSA) is 87.2 Å². The molecule has 2 aromatic carbocycles. The van der Waals surface area contributed by atoms with Crippen molar-refractivity contribution in [2.45, 2.75) is 0 Å². The lowest BCUT2D eigenvalue weighted by Gasteiger charge is -2.11. The van der Waals surface area contributed by atoms with Gasteiger partial charge in [0, 0.05) is 31.4 Å². The fraction of sp³-hybridized carbons (Fsp3) is 0.100. The summed E-state index contributed by atoms with van der Waals surface area (Å²) < 4.78 is 0. The third-order valence-electron chi connectivity index (χ3n) is 3.91. The van der Waals surface area contributed by atoms with Crippen LogP contribution >= 0.6 is 23.2 Å². The Hall–Kier alpha value is -3.16. The maximum atomic E-state index is 12.5. The smallest absolute Gasteiger partial charge is 0.259 e. The van der Waals surface area contributed by atoms with E-state index in [9.17, 15) is 9.59 Å². The van der Waals surface area contributed by atoms with E-state index in [1.165, 1.54) is 11.2 Å². The number of halogens is 2. The molecule has 2 N–H and O–H groups in total. The van der Waals surface area contributed by atoms with Crippen molar-refractivity contribution in [3.63, 3.8) is 0 Å². The molecule has 9 heteroatoms. The second-order valence-electron chi connectivity index (χ2n) is 6.24. The minimum Gasteiger partial charge on any atom is -0.345 e. The summed E-state index contributed by atoms with van der Waals surface area (Å²) in [5.74, 6) is 0.189. The SMILES string of the molecule is CN(C)C(=O)c1ccc(Nc2cc(NC(=O)c3c(Cl)cccc3Cl)ncn2)cc1. The molecule has 0 spiro atoms. The lowest BCUT2D eigenvalue weighted by atomic mass is 10.2. The summed E-state index contributed by atoms with van der Waals surface area (Å²) in [4.78, 5) is 34.1. The van der Waals surface area contributed by atoms with Crippen LogP contribution in [0.15, 0.2) is 54.9 Å². The van der Waals surface area contributed by atoms with Crippen LogP contribution in [0.1, 0.15) is 20.7 Å². The third kappa shape index (κ3) is 5.01. The Balaban J connectivity index is 1.73. The maximum Gasteiger partial charge on any atom is 0.259 e. The summed E-state index contributed by atoms with van der Waals surface area (Å²) in [6.07, 6.45) is 1.32. The standard InChI is InChI=1S/C20H17Cl2N5O2/c1-27(2)20(29)12-6-8-13(9-7-12)25-16-10-17(24-11-23-16)26-19(28)18-14(21)4-3-5-15(18)22/h3-11H,1-2H3,(H2,23,24,25,26,28). The third-order valence-corrected chi connectivity index (χ3v) is 4.54. The summed E-state index contributed by atoms with van der Waals surface area (Å²) >= 11 is 12.1. The minimum absolute atomic E-state index is 0.0816. The monoisotopic (exact) mass is 429 g/mol. The van der Waals surface area contributed by atoms with Gasteiger partial charge in [-0.3, -0.25) is 9.59 Å². The van der Waals surface area contributed by atoms with Gasteiger partial charge in [0.2, 0.25) is 0 Å². The Morgan fingerprint density at radius 1 is 0.931 bits per heavy atom. The van der Waals surface area contributed by atoms with Crippen LogP contribution in [0, 0.1) is 0 Å². The highest BCUT2D eigenvalue weighted by molar-refractivity contribution is 6.40. The fourth-order valence-corrected chi connectivity index (χ4v) is 3.06. The largest absolute Gasteiger partial charge is 0.345 e. The molecule has 0 radical (unpaired) electrons. The molecular formula is C20H17Cl2N5O2. The molecule has 0 saturated heterocycles. The van der Waals surface area contributed by atoms with Crippen molar-refractivity contribution in [2.24, 2.45) is 0 Å². The first-order chi connectivity index (χ1) is 13.8. The van der Waals surface area contributed by atoms with Crippen LogP contribution in [0.5, 0.6) is 0 Å². The van der Waals surface area contributed by atoms with Gasteiger partial charge in [0.25, 0.3) is 11.8 Å². The van der Waals surface area contributed by atoms with Crippen LogP contribution in [-0.2, 0) is 0 Å².